The highest BCUT2D eigenvalue weighted by atomic mass is 32.2. The first-order valence-electron chi connectivity index (χ1n) is 11.0. The van der Waals surface area contributed by atoms with Gasteiger partial charge < -0.3 is 5.32 Å². The fourth-order valence-corrected chi connectivity index (χ4v) is 4.73. The molecular formula is C28H22N4OS. The van der Waals surface area contributed by atoms with Crippen molar-refractivity contribution in [1.29, 1.82) is 0 Å². The van der Waals surface area contributed by atoms with E-state index in [4.69, 9.17) is 4.99 Å². The van der Waals surface area contributed by atoms with E-state index in [0.29, 0.717) is 17.9 Å². The van der Waals surface area contributed by atoms with Gasteiger partial charge in [0.25, 0.3) is 0 Å². The molecule has 1 aliphatic rings. The highest BCUT2D eigenvalue weighted by molar-refractivity contribution is 7.99. The van der Waals surface area contributed by atoms with Crippen LogP contribution < -0.4 is 5.32 Å². The Balaban J connectivity index is 1.29. The zero-order valence-corrected chi connectivity index (χ0v) is 19.2. The molecule has 0 amide bonds. The fourth-order valence-electron chi connectivity index (χ4n) is 3.70. The number of hydrogen-bond acceptors (Lipinski definition) is 6. The number of hydrogen-bond donors (Lipinski definition) is 1. The van der Waals surface area contributed by atoms with Crippen LogP contribution in [0.25, 0.3) is 6.08 Å². The maximum atomic E-state index is 12.9. The number of Topliss-reactive ketones (excluding diaryl/α,β-unsaturated/α-hetero) is 1. The normalized spacial score (nSPS) is 12.4. The molecule has 4 aromatic rings. The van der Waals surface area contributed by atoms with Gasteiger partial charge in [0.2, 0.25) is 0 Å². The highest BCUT2D eigenvalue weighted by Gasteiger charge is 2.16. The number of aromatic nitrogens is 2. The second-order valence-corrected chi connectivity index (χ2v) is 8.81. The standard InChI is InChI=1S/C28H22N4OS/c33-26(19-32-28-10-4-6-16-30-28)24-8-1-2-9-27(24)34-22-12-13-23-20(17-22)18-31-25(23)14-11-21-7-3-5-15-29-21/h1-17H,18-19H2,(H,30,32)/b14-11+. The van der Waals surface area contributed by atoms with Crippen LogP contribution in [0.3, 0.4) is 0 Å². The molecule has 2 aromatic carbocycles. The van der Waals surface area contributed by atoms with Gasteiger partial charge in [-0.3, -0.25) is 14.8 Å². The van der Waals surface area contributed by atoms with Gasteiger partial charge in [0.15, 0.2) is 5.78 Å². The number of ketones is 1. The van der Waals surface area contributed by atoms with Gasteiger partial charge in [-0.2, -0.15) is 0 Å². The zero-order chi connectivity index (χ0) is 23.2. The Hall–Kier alpha value is -4.03. The molecule has 1 N–H and O–H groups in total. The maximum Gasteiger partial charge on any atom is 0.183 e. The molecule has 0 atom stereocenters. The van der Waals surface area contributed by atoms with Crippen molar-refractivity contribution in [2.24, 2.45) is 4.99 Å². The molecule has 0 radical (unpaired) electrons. The quantitative estimate of drug-likeness (QED) is 0.328. The number of allylic oxidation sites excluding steroid dienone is 1. The number of carbonyl (C=O) groups excluding carboxylic acids is 1. The van der Waals surface area contributed by atoms with Crippen LogP contribution in [0.5, 0.6) is 0 Å². The second-order valence-electron chi connectivity index (χ2n) is 7.70. The smallest absolute Gasteiger partial charge is 0.183 e. The first kappa shape index (κ1) is 21.8. The molecule has 34 heavy (non-hydrogen) atoms. The predicted octanol–water partition coefficient (Wildman–Crippen LogP) is 5.94. The summed E-state index contributed by atoms with van der Waals surface area (Å²) < 4.78 is 0. The van der Waals surface area contributed by atoms with Gasteiger partial charge in [-0.25, -0.2) is 4.98 Å². The van der Waals surface area contributed by atoms with Crippen LogP contribution in [0.1, 0.15) is 27.2 Å². The van der Waals surface area contributed by atoms with Crippen molar-refractivity contribution in [2.75, 3.05) is 11.9 Å². The van der Waals surface area contributed by atoms with E-state index in [1.54, 1.807) is 24.2 Å². The summed E-state index contributed by atoms with van der Waals surface area (Å²) in [5.41, 5.74) is 4.90. The minimum Gasteiger partial charge on any atom is -0.363 e. The monoisotopic (exact) mass is 462 g/mol. The van der Waals surface area contributed by atoms with E-state index in [2.05, 4.69) is 33.5 Å². The van der Waals surface area contributed by atoms with Gasteiger partial charge in [-0.15, -0.1) is 0 Å². The molecule has 0 saturated heterocycles. The number of pyridine rings is 2. The summed E-state index contributed by atoms with van der Waals surface area (Å²) in [4.78, 5) is 28.2. The van der Waals surface area contributed by atoms with Crippen molar-refractivity contribution >= 4 is 35.2 Å². The van der Waals surface area contributed by atoms with E-state index in [1.807, 2.05) is 72.8 Å². The number of benzene rings is 2. The Kier molecular flexibility index (Phi) is 6.59. The molecular weight excluding hydrogens is 440 g/mol. The zero-order valence-electron chi connectivity index (χ0n) is 18.4. The Morgan fingerprint density at radius 3 is 2.56 bits per heavy atom. The lowest BCUT2D eigenvalue weighted by Gasteiger charge is -2.10. The average Bonchev–Trinajstić information content (AvgIpc) is 3.30. The van der Waals surface area contributed by atoms with Crippen LogP contribution in [0.4, 0.5) is 5.82 Å². The van der Waals surface area contributed by atoms with Crippen molar-refractivity contribution in [3.05, 3.63) is 120 Å². The Morgan fingerprint density at radius 1 is 0.912 bits per heavy atom. The van der Waals surface area contributed by atoms with Crippen molar-refractivity contribution < 1.29 is 4.79 Å². The van der Waals surface area contributed by atoms with Crippen molar-refractivity contribution in [3.8, 4) is 0 Å². The lowest BCUT2D eigenvalue weighted by molar-refractivity contribution is 0.100. The fraction of sp³-hybridized carbons (Fsp3) is 0.0714. The molecule has 0 spiro atoms. The van der Waals surface area contributed by atoms with E-state index < -0.39 is 0 Å². The number of anilines is 1. The summed E-state index contributed by atoms with van der Waals surface area (Å²) in [5.74, 6) is 0.715. The van der Waals surface area contributed by atoms with Crippen molar-refractivity contribution in [2.45, 2.75) is 16.3 Å². The van der Waals surface area contributed by atoms with Crippen LogP contribution in [-0.2, 0) is 6.54 Å². The summed E-state index contributed by atoms with van der Waals surface area (Å²) in [5, 5.41) is 3.10. The molecule has 1 aliphatic heterocycles. The third-order valence-electron chi connectivity index (χ3n) is 5.38. The number of nitrogens with one attached hydrogen (secondary N) is 1. The maximum absolute atomic E-state index is 12.9. The lowest BCUT2D eigenvalue weighted by Crippen LogP contribution is -2.15. The van der Waals surface area contributed by atoms with Gasteiger partial charge in [-0.05, 0) is 60.2 Å². The predicted molar refractivity (Wildman–Crippen MR) is 138 cm³/mol. The first-order chi connectivity index (χ1) is 16.8. The third-order valence-corrected chi connectivity index (χ3v) is 6.45. The van der Waals surface area contributed by atoms with Crippen LogP contribution in [0.2, 0.25) is 0 Å². The van der Waals surface area contributed by atoms with Crippen LogP contribution in [0, 0.1) is 0 Å². The summed E-state index contributed by atoms with van der Waals surface area (Å²) in [6, 6.07) is 25.5. The summed E-state index contributed by atoms with van der Waals surface area (Å²) in [6.45, 7) is 0.846. The number of fused-ring (bicyclic) bond motifs is 1. The van der Waals surface area contributed by atoms with Crippen LogP contribution in [0.15, 0.2) is 112 Å². The average molecular weight is 463 g/mol. The molecule has 0 unspecified atom stereocenters. The number of nitrogens with zero attached hydrogens (tertiary/aromatic N) is 3. The molecule has 5 rings (SSSR count). The minimum absolute atomic E-state index is 0.0280. The van der Waals surface area contributed by atoms with E-state index >= 15 is 0 Å². The van der Waals surface area contributed by atoms with Crippen molar-refractivity contribution in [3.63, 3.8) is 0 Å². The molecule has 0 aliphatic carbocycles. The SMILES string of the molecule is O=C(CNc1ccccn1)c1ccccc1Sc1ccc2c(c1)CN=C2/C=C/c1ccccn1. The van der Waals surface area contributed by atoms with E-state index in [1.165, 1.54) is 5.56 Å². The molecule has 0 saturated carbocycles. The van der Waals surface area contributed by atoms with Gasteiger partial charge in [0.05, 0.1) is 24.5 Å². The summed E-state index contributed by atoms with van der Waals surface area (Å²) >= 11 is 1.60. The number of rotatable bonds is 8. The molecule has 2 aromatic heterocycles. The second kappa shape index (κ2) is 10.3. The molecule has 166 valence electrons. The first-order valence-corrected chi connectivity index (χ1v) is 11.8. The van der Waals surface area contributed by atoms with Crippen molar-refractivity contribution in [1.82, 2.24) is 9.97 Å². The number of carbonyl (C=O) groups is 1. The molecule has 0 fully saturated rings. The highest BCUT2D eigenvalue weighted by Crippen LogP contribution is 2.33. The van der Waals surface area contributed by atoms with E-state index in [-0.39, 0.29) is 12.3 Å². The Bertz CT molecular complexity index is 1370. The summed E-state index contributed by atoms with van der Waals surface area (Å²) in [7, 11) is 0. The topological polar surface area (TPSA) is 67.2 Å². The lowest BCUT2D eigenvalue weighted by atomic mass is 10.1. The number of aliphatic imine (C=N–C) groups is 1. The van der Waals surface area contributed by atoms with E-state index in [9.17, 15) is 4.79 Å². The van der Waals surface area contributed by atoms with Gasteiger partial charge in [0.1, 0.15) is 5.82 Å². The van der Waals surface area contributed by atoms with Gasteiger partial charge in [-0.1, -0.05) is 48.2 Å². The largest absolute Gasteiger partial charge is 0.363 e. The Labute approximate surface area is 202 Å². The molecule has 6 heteroatoms. The summed E-state index contributed by atoms with van der Waals surface area (Å²) in [6.07, 6.45) is 7.49. The third kappa shape index (κ3) is 5.13. The minimum atomic E-state index is 0.0280. The van der Waals surface area contributed by atoms with E-state index in [0.717, 1.165) is 26.8 Å². The Morgan fingerprint density at radius 2 is 1.74 bits per heavy atom. The van der Waals surface area contributed by atoms with Crippen LogP contribution in [-0.4, -0.2) is 28.0 Å². The molecule has 5 nitrogen and oxygen atoms in total. The molecule has 0 bridgehead atoms. The molecule has 3 heterocycles. The van der Waals surface area contributed by atoms with Gasteiger partial charge >= 0.3 is 0 Å². The van der Waals surface area contributed by atoms with Crippen LogP contribution >= 0.6 is 11.8 Å². The van der Waals surface area contributed by atoms with Gasteiger partial charge in [0, 0.05) is 33.3 Å².